The Morgan fingerprint density at radius 2 is 1.89 bits per heavy atom. The fourth-order valence-electron chi connectivity index (χ4n) is 1.06. The molecule has 0 aromatic carbocycles. The van der Waals surface area contributed by atoms with E-state index in [1.807, 2.05) is 20.8 Å². The van der Waals surface area contributed by atoms with Crippen molar-refractivity contribution < 1.29 is 8.42 Å². The van der Waals surface area contributed by atoms with Crippen molar-refractivity contribution in [3.8, 4) is 0 Å². The number of nitrogens with zero attached hydrogens (tertiary/aromatic N) is 1. The smallest absolute Gasteiger partial charge is 0.211 e. The predicted molar refractivity (Wildman–Crippen MR) is 87.1 cm³/mol. The van der Waals surface area contributed by atoms with Gasteiger partial charge in [0.1, 0.15) is 0 Å². The van der Waals surface area contributed by atoms with Gasteiger partial charge in [-0.15, -0.1) is 24.0 Å². The number of nitrogens with one attached hydrogen (secondary N) is 3. The molecule has 0 aromatic rings. The van der Waals surface area contributed by atoms with Gasteiger partial charge in [-0.25, -0.2) is 13.1 Å². The summed E-state index contributed by atoms with van der Waals surface area (Å²) in [6, 6.07) is 0.292. The molecule has 18 heavy (non-hydrogen) atoms. The number of hydrogen-bond acceptors (Lipinski definition) is 3. The first-order valence-corrected chi connectivity index (χ1v) is 7.58. The van der Waals surface area contributed by atoms with Gasteiger partial charge in [-0.3, -0.25) is 4.99 Å². The first kappa shape index (κ1) is 20.2. The first-order chi connectivity index (χ1) is 7.91. The minimum atomic E-state index is -3.11. The molecule has 0 aliphatic carbocycles. The second kappa shape index (κ2) is 10.8. The van der Waals surface area contributed by atoms with Crippen LogP contribution in [0.2, 0.25) is 0 Å². The zero-order valence-corrected chi connectivity index (χ0v) is 14.6. The van der Waals surface area contributed by atoms with E-state index in [-0.39, 0.29) is 29.7 Å². The van der Waals surface area contributed by atoms with Crippen molar-refractivity contribution in [2.45, 2.75) is 33.7 Å². The molecule has 0 bridgehead atoms. The number of guanidine groups is 1. The highest BCUT2D eigenvalue weighted by Crippen LogP contribution is 1.83. The van der Waals surface area contributed by atoms with Crippen LogP contribution < -0.4 is 15.4 Å². The van der Waals surface area contributed by atoms with Crippen LogP contribution in [0, 0.1) is 0 Å². The lowest BCUT2D eigenvalue weighted by atomic mass is 10.4. The van der Waals surface area contributed by atoms with E-state index in [0.717, 1.165) is 6.54 Å². The summed E-state index contributed by atoms with van der Waals surface area (Å²) in [5.74, 6) is 0.805. The maximum absolute atomic E-state index is 11.2. The second-order valence-electron chi connectivity index (χ2n) is 3.86. The minimum Gasteiger partial charge on any atom is -0.357 e. The highest BCUT2D eigenvalue weighted by atomic mass is 127. The van der Waals surface area contributed by atoms with Crippen molar-refractivity contribution >= 4 is 40.0 Å². The standard InChI is InChI=1S/C10H24N4O2S.HI/c1-5-11-10(14-9(3)4)12-7-8-13-17(15,16)6-2;/h9,13H,5-8H2,1-4H3,(H2,11,12,14);1H. The maximum atomic E-state index is 11.2. The van der Waals surface area contributed by atoms with Gasteiger partial charge in [0.2, 0.25) is 10.0 Å². The Balaban J connectivity index is 0. The lowest BCUT2D eigenvalue weighted by Crippen LogP contribution is -2.41. The molecule has 3 N–H and O–H groups in total. The fraction of sp³-hybridized carbons (Fsp3) is 0.900. The van der Waals surface area contributed by atoms with Crippen molar-refractivity contribution in [3.63, 3.8) is 0 Å². The van der Waals surface area contributed by atoms with Gasteiger partial charge in [-0.2, -0.15) is 0 Å². The summed E-state index contributed by atoms with van der Waals surface area (Å²) in [7, 11) is -3.11. The zero-order chi connectivity index (χ0) is 13.3. The summed E-state index contributed by atoms with van der Waals surface area (Å²) in [6.45, 7) is 9.15. The van der Waals surface area contributed by atoms with Gasteiger partial charge >= 0.3 is 0 Å². The third-order valence-electron chi connectivity index (χ3n) is 1.85. The van der Waals surface area contributed by atoms with E-state index in [1.54, 1.807) is 6.92 Å². The summed E-state index contributed by atoms with van der Waals surface area (Å²) in [4.78, 5) is 4.26. The molecule has 0 spiro atoms. The highest BCUT2D eigenvalue weighted by molar-refractivity contribution is 14.0. The molecule has 0 saturated heterocycles. The highest BCUT2D eigenvalue weighted by Gasteiger charge is 2.04. The maximum Gasteiger partial charge on any atom is 0.211 e. The van der Waals surface area contributed by atoms with Crippen LogP contribution in [0.25, 0.3) is 0 Å². The molecule has 0 fully saturated rings. The Morgan fingerprint density at radius 3 is 2.33 bits per heavy atom. The number of halogens is 1. The van der Waals surface area contributed by atoms with E-state index in [9.17, 15) is 8.42 Å². The zero-order valence-electron chi connectivity index (χ0n) is 11.5. The number of sulfonamides is 1. The fourth-order valence-corrected chi connectivity index (χ4v) is 1.67. The molecule has 0 amide bonds. The molecule has 0 unspecified atom stereocenters. The molecule has 8 heteroatoms. The molecular formula is C10H25IN4O2S. The van der Waals surface area contributed by atoms with Crippen LogP contribution in [0.4, 0.5) is 0 Å². The lowest BCUT2D eigenvalue weighted by Gasteiger charge is -2.13. The van der Waals surface area contributed by atoms with E-state index >= 15 is 0 Å². The van der Waals surface area contributed by atoms with E-state index in [1.165, 1.54) is 0 Å². The predicted octanol–water partition coefficient (Wildman–Crippen LogP) is 0.507. The van der Waals surface area contributed by atoms with Gasteiger partial charge in [-0.1, -0.05) is 0 Å². The van der Waals surface area contributed by atoms with Crippen LogP contribution in [0.15, 0.2) is 4.99 Å². The third-order valence-corrected chi connectivity index (χ3v) is 3.26. The summed E-state index contributed by atoms with van der Waals surface area (Å²) >= 11 is 0. The van der Waals surface area contributed by atoms with Crippen LogP contribution in [0.1, 0.15) is 27.7 Å². The number of hydrogen-bond donors (Lipinski definition) is 3. The van der Waals surface area contributed by atoms with Crippen molar-refractivity contribution in [2.24, 2.45) is 4.99 Å². The monoisotopic (exact) mass is 392 g/mol. The van der Waals surface area contributed by atoms with E-state index < -0.39 is 10.0 Å². The Bertz CT molecular complexity index is 331. The Hall–Kier alpha value is -0.0900. The lowest BCUT2D eigenvalue weighted by molar-refractivity contribution is 0.583. The van der Waals surface area contributed by atoms with Crippen LogP contribution in [0.5, 0.6) is 0 Å². The molecule has 0 radical (unpaired) electrons. The largest absolute Gasteiger partial charge is 0.357 e. The first-order valence-electron chi connectivity index (χ1n) is 5.93. The summed E-state index contributed by atoms with van der Waals surface area (Å²) < 4.78 is 24.8. The molecule has 0 atom stereocenters. The van der Waals surface area contributed by atoms with Crippen molar-refractivity contribution in [1.29, 1.82) is 0 Å². The topological polar surface area (TPSA) is 82.6 Å². The molecule has 110 valence electrons. The number of rotatable bonds is 7. The van der Waals surface area contributed by atoms with E-state index in [4.69, 9.17) is 0 Å². The summed E-state index contributed by atoms with van der Waals surface area (Å²) in [5, 5.41) is 6.24. The van der Waals surface area contributed by atoms with Crippen LogP contribution >= 0.6 is 24.0 Å². The average molecular weight is 392 g/mol. The Kier molecular flexibility index (Phi) is 12.1. The van der Waals surface area contributed by atoms with E-state index in [2.05, 4.69) is 20.3 Å². The van der Waals surface area contributed by atoms with Crippen molar-refractivity contribution in [3.05, 3.63) is 0 Å². The number of aliphatic imine (C=N–C) groups is 1. The molecular weight excluding hydrogens is 367 g/mol. The SMILES string of the molecule is CCNC(=NCCNS(=O)(=O)CC)NC(C)C.I. The Labute approximate surface area is 127 Å². The van der Waals surface area contributed by atoms with Gasteiger partial charge < -0.3 is 10.6 Å². The van der Waals surface area contributed by atoms with Crippen LogP contribution in [0.3, 0.4) is 0 Å². The average Bonchev–Trinajstić information content (AvgIpc) is 2.24. The third kappa shape index (κ3) is 11.0. The molecule has 0 saturated carbocycles. The summed E-state index contributed by atoms with van der Waals surface area (Å²) in [6.07, 6.45) is 0. The molecule has 0 aliphatic heterocycles. The van der Waals surface area contributed by atoms with Crippen molar-refractivity contribution in [2.75, 3.05) is 25.4 Å². The molecule has 0 aliphatic rings. The van der Waals surface area contributed by atoms with Gasteiger partial charge in [0, 0.05) is 19.1 Å². The van der Waals surface area contributed by atoms with E-state index in [0.29, 0.717) is 25.1 Å². The second-order valence-corrected chi connectivity index (χ2v) is 5.95. The van der Waals surface area contributed by atoms with Gasteiger partial charge in [-0.05, 0) is 27.7 Å². The Morgan fingerprint density at radius 1 is 1.28 bits per heavy atom. The quantitative estimate of drug-likeness (QED) is 0.255. The van der Waals surface area contributed by atoms with Gasteiger partial charge in [0.15, 0.2) is 5.96 Å². The normalized spacial score (nSPS) is 12.2. The minimum absolute atomic E-state index is 0. The molecule has 0 aromatic heterocycles. The summed E-state index contributed by atoms with van der Waals surface area (Å²) in [5.41, 5.74) is 0. The van der Waals surface area contributed by atoms with Gasteiger partial charge in [0.05, 0.1) is 12.3 Å². The molecule has 6 nitrogen and oxygen atoms in total. The molecule has 0 heterocycles. The van der Waals surface area contributed by atoms with Crippen molar-refractivity contribution in [1.82, 2.24) is 15.4 Å². The molecule has 0 rings (SSSR count). The van der Waals surface area contributed by atoms with Crippen LogP contribution in [-0.4, -0.2) is 45.8 Å². The van der Waals surface area contributed by atoms with Crippen LogP contribution in [-0.2, 0) is 10.0 Å². The van der Waals surface area contributed by atoms with Gasteiger partial charge in [0.25, 0.3) is 0 Å².